The first-order valence-electron chi connectivity index (χ1n) is 10.2. The Labute approximate surface area is 186 Å². The van der Waals surface area contributed by atoms with E-state index in [1.807, 2.05) is 48.8 Å². The second-order valence-electron chi connectivity index (χ2n) is 7.66. The van der Waals surface area contributed by atoms with Gasteiger partial charge in [0.1, 0.15) is 11.8 Å². The van der Waals surface area contributed by atoms with Gasteiger partial charge in [0.2, 0.25) is 0 Å². The molecule has 2 atom stereocenters. The number of anilines is 1. The van der Waals surface area contributed by atoms with Crippen molar-refractivity contribution < 1.29 is 5.11 Å². The summed E-state index contributed by atoms with van der Waals surface area (Å²) in [5.41, 5.74) is 5.20. The molecule has 1 fully saturated rings. The lowest BCUT2D eigenvalue weighted by Gasteiger charge is -2.29. The maximum absolute atomic E-state index is 9.72. The Bertz CT molecular complexity index is 1220. The van der Waals surface area contributed by atoms with Gasteiger partial charge in [-0.3, -0.25) is 4.98 Å². The lowest BCUT2D eigenvalue weighted by Crippen LogP contribution is -2.30. The first-order valence-corrected chi connectivity index (χ1v) is 10.6. The van der Waals surface area contributed by atoms with Gasteiger partial charge in [0.05, 0.1) is 11.7 Å². The maximum atomic E-state index is 9.72. The molecule has 0 amide bonds. The van der Waals surface area contributed by atoms with Crippen LogP contribution in [0, 0.1) is 6.92 Å². The van der Waals surface area contributed by atoms with Crippen LogP contribution in [0.3, 0.4) is 0 Å². The van der Waals surface area contributed by atoms with Crippen LogP contribution in [0.5, 0.6) is 5.75 Å². The second kappa shape index (κ2) is 7.89. The first kappa shape index (κ1) is 19.3. The predicted octanol–water partition coefficient (Wildman–Crippen LogP) is 5.06. The number of aromatic hydroxyl groups is 1. The Morgan fingerprint density at radius 1 is 0.935 bits per heavy atom. The normalized spacial score (nSPS) is 18.2. The van der Waals surface area contributed by atoms with Gasteiger partial charge in [-0.25, -0.2) is 0 Å². The van der Waals surface area contributed by atoms with Gasteiger partial charge in [-0.2, -0.15) is 0 Å². The number of aryl methyl sites for hydroxylation is 1. The number of rotatable bonds is 4. The summed E-state index contributed by atoms with van der Waals surface area (Å²) in [6, 6.07) is 25.5. The molecule has 0 saturated carbocycles. The van der Waals surface area contributed by atoms with E-state index in [-0.39, 0.29) is 17.8 Å². The van der Waals surface area contributed by atoms with Gasteiger partial charge in [-0.15, -0.1) is 0 Å². The average Bonchev–Trinajstić information content (AvgIpc) is 3.39. The first-order chi connectivity index (χ1) is 15.1. The largest absolute Gasteiger partial charge is 0.508 e. The third-order valence-electron chi connectivity index (χ3n) is 5.59. The molecule has 0 bridgehead atoms. The van der Waals surface area contributed by atoms with E-state index in [1.54, 1.807) is 12.1 Å². The molecule has 0 spiro atoms. The molecule has 31 heavy (non-hydrogen) atoms. The molecule has 5 nitrogen and oxygen atoms in total. The highest BCUT2D eigenvalue weighted by molar-refractivity contribution is 7.80. The van der Waals surface area contributed by atoms with Gasteiger partial charge in [0.15, 0.2) is 5.11 Å². The Balaban J connectivity index is 1.67. The molecular formula is C25H22N4OS. The highest BCUT2D eigenvalue weighted by Crippen LogP contribution is 2.42. The summed E-state index contributed by atoms with van der Waals surface area (Å²) in [6.07, 6.45) is 3.85. The van der Waals surface area contributed by atoms with Gasteiger partial charge in [0, 0.05) is 29.5 Å². The zero-order valence-electron chi connectivity index (χ0n) is 17.0. The van der Waals surface area contributed by atoms with Crippen LogP contribution in [0.15, 0.2) is 91.3 Å². The average molecular weight is 427 g/mol. The summed E-state index contributed by atoms with van der Waals surface area (Å²) in [4.78, 5) is 6.80. The molecule has 154 valence electrons. The topological polar surface area (TPSA) is 53.3 Å². The molecule has 2 N–H and O–H groups in total. The number of thiocarbonyl (C=S) groups is 1. The number of benzene rings is 2. The number of nitrogens with zero attached hydrogens (tertiary/aromatic N) is 3. The molecule has 1 aliphatic rings. The summed E-state index contributed by atoms with van der Waals surface area (Å²) in [5, 5.41) is 13.9. The third-order valence-corrected chi connectivity index (χ3v) is 5.90. The summed E-state index contributed by atoms with van der Waals surface area (Å²) >= 11 is 5.82. The number of pyridine rings is 1. The number of hydrogen-bond acceptors (Lipinski definition) is 3. The van der Waals surface area contributed by atoms with Crippen molar-refractivity contribution in [3.05, 3.63) is 108 Å². The molecule has 6 heteroatoms. The van der Waals surface area contributed by atoms with Crippen molar-refractivity contribution in [3.63, 3.8) is 0 Å². The lowest BCUT2D eigenvalue weighted by molar-refractivity contribution is 0.475. The van der Waals surface area contributed by atoms with E-state index in [4.69, 9.17) is 12.2 Å². The van der Waals surface area contributed by atoms with Crippen LogP contribution in [0.25, 0.3) is 5.69 Å². The fourth-order valence-electron chi connectivity index (χ4n) is 4.19. The van der Waals surface area contributed by atoms with Gasteiger partial charge in [0.25, 0.3) is 0 Å². The Kier molecular flexibility index (Phi) is 4.92. The van der Waals surface area contributed by atoms with E-state index in [9.17, 15) is 5.11 Å². The highest BCUT2D eigenvalue weighted by Gasteiger charge is 2.42. The molecule has 2 aromatic heterocycles. The van der Waals surface area contributed by atoms with Crippen molar-refractivity contribution in [1.29, 1.82) is 0 Å². The quantitative estimate of drug-likeness (QED) is 0.447. The van der Waals surface area contributed by atoms with Gasteiger partial charge in [-0.05, 0) is 85.4 Å². The highest BCUT2D eigenvalue weighted by atomic mass is 32.1. The Morgan fingerprint density at radius 3 is 2.52 bits per heavy atom. The van der Waals surface area contributed by atoms with Crippen LogP contribution < -0.4 is 10.2 Å². The van der Waals surface area contributed by atoms with Crippen LogP contribution in [0.4, 0.5) is 5.69 Å². The summed E-state index contributed by atoms with van der Waals surface area (Å²) in [7, 11) is 0. The molecular weight excluding hydrogens is 404 g/mol. The molecule has 0 radical (unpaired) electrons. The fraction of sp³-hybridized carbons (Fsp3) is 0.120. The van der Waals surface area contributed by atoms with Gasteiger partial charge < -0.3 is 19.9 Å². The summed E-state index contributed by atoms with van der Waals surface area (Å²) in [6.45, 7) is 2.08. The Morgan fingerprint density at radius 2 is 1.77 bits per heavy atom. The van der Waals surface area contributed by atoms with E-state index in [0.29, 0.717) is 5.11 Å². The minimum atomic E-state index is -0.111. The van der Waals surface area contributed by atoms with E-state index in [1.165, 1.54) is 5.56 Å². The second-order valence-corrected chi connectivity index (χ2v) is 8.04. The zero-order chi connectivity index (χ0) is 21.4. The summed E-state index contributed by atoms with van der Waals surface area (Å²) < 4.78 is 2.14. The predicted molar refractivity (Wildman–Crippen MR) is 127 cm³/mol. The number of phenolic OH excluding ortho intramolecular Hbond substituents is 1. The van der Waals surface area contributed by atoms with Crippen molar-refractivity contribution in [2.45, 2.75) is 19.0 Å². The van der Waals surface area contributed by atoms with E-state index in [2.05, 4.69) is 57.0 Å². The van der Waals surface area contributed by atoms with Crippen LogP contribution in [0.1, 0.15) is 29.0 Å². The number of aromatic nitrogens is 2. The smallest absolute Gasteiger partial charge is 0.174 e. The molecule has 2 aromatic carbocycles. The monoisotopic (exact) mass is 426 g/mol. The number of phenols is 1. The van der Waals surface area contributed by atoms with Crippen molar-refractivity contribution >= 4 is 23.0 Å². The van der Waals surface area contributed by atoms with Crippen molar-refractivity contribution in [2.75, 3.05) is 4.90 Å². The van der Waals surface area contributed by atoms with Gasteiger partial charge in [-0.1, -0.05) is 18.2 Å². The summed E-state index contributed by atoms with van der Waals surface area (Å²) in [5.74, 6) is 0.244. The van der Waals surface area contributed by atoms with Crippen molar-refractivity contribution in [2.24, 2.45) is 0 Å². The molecule has 0 aliphatic carbocycles. The molecule has 0 unspecified atom stereocenters. The van der Waals surface area contributed by atoms with Crippen molar-refractivity contribution in [1.82, 2.24) is 14.9 Å². The van der Waals surface area contributed by atoms with E-state index >= 15 is 0 Å². The minimum absolute atomic E-state index is 0.104. The number of hydrogen-bond donors (Lipinski definition) is 2. The Hall–Kier alpha value is -3.64. The van der Waals surface area contributed by atoms with Crippen LogP contribution >= 0.6 is 12.2 Å². The molecule has 1 aliphatic heterocycles. The van der Waals surface area contributed by atoms with Gasteiger partial charge >= 0.3 is 0 Å². The fourth-order valence-corrected chi connectivity index (χ4v) is 4.54. The van der Waals surface area contributed by atoms with E-state index in [0.717, 1.165) is 22.8 Å². The minimum Gasteiger partial charge on any atom is -0.508 e. The lowest BCUT2D eigenvalue weighted by atomic mass is 10.0. The molecule has 1 saturated heterocycles. The maximum Gasteiger partial charge on any atom is 0.174 e. The third kappa shape index (κ3) is 3.55. The SMILES string of the molecule is Cc1cccc(N2C(=S)N[C@H](c3ccccn3)[C@H]2c2cccn2-c2ccc(O)cc2)c1. The van der Waals surface area contributed by atoms with E-state index < -0.39 is 0 Å². The van der Waals surface area contributed by atoms with Crippen LogP contribution in [-0.4, -0.2) is 19.8 Å². The standard InChI is InChI=1S/C25H22N4OS/c1-17-6-4-7-19(16-17)29-24(23(27-25(29)31)21-8-2-3-14-26-21)22-9-5-15-28(22)18-10-12-20(30)13-11-18/h2-16,23-24,30H,1H3,(H,27,31)/t23-,24-/m1/s1. The molecule has 5 rings (SSSR count). The zero-order valence-corrected chi connectivity index (χ0v) is 17.8. The number of nitrogens with one attached hydrogen (secondary N) is 1. The van der Waals surface area contributed by atoms with Crippen LogP contribution in [0.2, 0.25) is 0 Å². The van der Waals surface area contributed by atoms with Crippen LogP contribution in [-0.2, 0) is 0 Å². The van der Waals surface area contributed by atoms with Crippen molar-refractivity contribution in [3.8, 4) is 11.4 Å². The molecule has 3 heterocycles. The molecule has 4 aromatic rings.